The summed E-state index contributed by atoms with van der Waals surface area (Å²) in [6.45, 7) is 0.000951. The number of furan rings is 1. The molecule has 1 aromatic carbocycles. The predicted octanol–water partition coefficient (Wildman–Crippen LogP) is 2.21. The van der Waals surface area contributed by atoms with Gasteiger partial charge in [0.25, 0.3) is 0 Å². The van der Waals surface area contributed by atoms with Gasteiger partial charge in [-0.05, 0) is 30.4 Å². The summed E-state index contributed by atoms with van der Waals surface area (Å²) < 4.78 is 10.8. The number of Topliss-reactive ketones (excluding diaryl/α,β-unsaturated/α-hetero) is 2. The van der Waals surface area contributed by atoms with Crippen molar-refractivity contribution in [3.05, 3.63) is 94.8 Å². The lowest BCUT2D eigenvalue weighted by Gasteiger charge is -2.41. The van der Waals surface area contributed by atoms with Crippen LogP contribution in [0.4, 0.5) is 0 Å². The maximum Gasteiger partial charge on any atom is 0.318 e. The van der Waals surface area contributed by atoms with Gasteiger partial charge in [-0.2, -0.15) is 0 Å². The largest absolute Gasteiger partial charge is 0.497 e. The number of hydrogen-bond donors (Lipinski definition) is 0. The van der Waals surface area contributed by atoms with Gasteiger partial charge in [0.1, 0.15) is 17.2 Å². The van der Waals surface area contributed by atoms with Crippen molar-refractivity contribution < 1.29 is 28.3 Å². The molecule has 4 aliphatic rings. The summed E-state index contributed by atoms with van der Waals surface area (Å²) in [5.41, 5.74) is -0.725. The number of fused-ring (bicyclic) bond motifs is 3. The molecule has 1 saturated heterocycles. The molecule has 2 aliphatic heterocycles. The summed E-state index contributed by atoms with van der Waals surface area (Å²) >= 11 is 0. The van der Waals surface area contributed by atoms with E-state index in [0.29, 0.717) is 11.5 Å². The van der Waals surface area contributed by atoms with Crippen LogP contribution in [0.1, 0.15) is 26.5 Å². The van der Waals surface area contributed by atoms with E-state index in [0.717, 1.165) is 0 Å². The molecule has 3 heterocycles. The van der Waals surface area contributed by atoms with Crippen LogP contribution in [0.15, 0.2) is 82.3 Å². The van der Waals surface area contributed by atoms with Crippen LogP contribution in [0.2, 0.25) is 0 Å². The van der Waals surface area contributed by atoms with Crippen LogP contribution in [0.3, 0.4) is 0 Å². The van der Waals surface area contributed by atoms with Crippen molar-refractivity contribution in [2.24, 2.45) is 5.92 Å². The van der Waals surface area contributed by atoms with E-state index in [1.807, 2.05) is 0 Å². The fourth-order valence-corrected chi connectivity index (χ4v) is 5.14. The first kappa shape index (κ1) is 18.6. The molecule has 1 fully saturated rings. The van der Waals surface area contributed by atoms with Gasteiger partial charge in [0, 0.05) is 16.7 Å². The van der Waals surface area contributed by atoms with Gasteiger partial charge in [-0.25, -0.2) is 0 Å². The minimum absolute atomic E-state index is 0.000951. The molecule has 1 spiro atoms. The number of ether oxygens (including phenoxy) is 1. The monoisotopic (exact) mass is 428 g/mol. The number of carbonyl (C=O) groups excluding carboxylic acids is 4. The molecule has 2 aromatic rings. The fraction of sp³-hybridized carbons (Fsp3) is 0.167. The third-order valence-corrected chi connectivity index (χ3v) is 6.50. The van der Waals surface area contributed by atoms with Gasteiger partial charge in [-0.15, -0.1) is 0 Å². The Hall–Kier alpha value is -4.20. The number of allylic oxidation sites excluding steroid dienone is 2. The molecule has 0 saturated carbocycles. The molecule has 0 unspecified atom stereocenters. The third kappa shape index (κ3) is 2.06. The van der Waals surface area contributed by atoms with Gasteiger partial charge in [-0.1, -0.05) is 24.3 Å². The van der Waals surface area contributed by atoms with E-state index < -0.39 is 29.2 Å². The van der Waals surface area contributed by atoms with Crippen molar-refractivity contribution in [2.45, 2.75) is 12.2 Å². The molecule has 0 bridgehead atoms. The van der Waals surface area contributed by atoms with E-state index in [9.17, 15) is 19.2 Å². The van der Waals surface area contributed by atoms with Crippen molar-refractivity contribution in [3.8, 4) is 0 Å². The zero-order valence-electron chi connectivity index (χ0n) is 16.9. The summed E-state index contributed by atoms with van der Waals surface area (Å²) in [4.78, 5) is 56.1. The highest BCUT2D eigenvalue weighted by Crippen LogP contribution is 2.55. The Morgan fingerprint density at radius 1 is 1.00 bits per heavy atom. The maximum absolute atomic E-state index is 13.6. The Morgan fingerprint density at radius 3 is 2.44 bits per heavy atom. The Balaban J connectivity index is 1.60. The van der Waals surface area contributed by atoms with Crippen LogP contribution in [-0.2, 0) is 20.9 Å². The smallest absolute Gasteiger partial charge is 0.318 e. The SMILES string of the molecule is COC1=C[C@H]2C3=C(C(=O)c4ccccc4C3=O)N3C(=O)C(=O)N(Cc4ccco4)[C@]23C=C1. The number of rotatable bonds is 3. The Labute approximate surface area is 182 Å². The minimum atomic E-state index is -1.37. The van der Waals surface area contributed by atoms with Gasteiger partial charge in [0.2, 0.25) is 5.78 Å². The Bertz CT molecular complexity index is 1330. The second kappa shape index (κ2) is 6.16. The van der Waals surface area contributed by atoms with Crippen molar-refractivity contribution in [1.82, 2.24) is 9.80 Å². The standard InChI is InChI=1S/C24H16N2O6/c1-31-13-8-9-24-17(11-13)18-19(21(28)16-7-3-2-6-15(16)20(18)27)26(24)23(30)22(29)25(24)12-14-5-4-10-32-14/h2-11,17H,12H2,1H3/t17-,24-/m0/s1. The van der Waals surface area contributed by atoms with Gasteiger partial charge >= 0.3 is 11.8 Å². The normalized spacial score (nSPS) is 25.7. The maximum atomic E-state index is 13.6. The van der Waals surface area contributed by atoms with Crippen LogP contribution in [0.25, 0.3) is 0 Å². The molecule has 0 radical (unpaired) electrons. The summed E-state index contributed by atoms with van der Waals surface area (Å²) in [5.74, 6) is -2.24. The van der Waals surface area contributed by atoms with Crippen LogP contribution in [-0.4, -0.2) is 46.0 Å². The van der Waals surface area contributed by atoms with E-state index in [1.54, 1.807) is 54.6 Å². The molecule has 32 heavy (non-hydrogen) atoms. The van der Waals surface area contributed by atoms with Crippen LogP contribution in [0.5, 0.6) is 0 Å². The number of ketones is 2. The number of methoxy groups -OCH3 is 1. The van der Waals surface area contributed by atoms with Crippen molar-refractivity contribution >= 4 is 23.4 Å². The molecule has 158 valence electrons. The highest BCUT2D eigenvalue weighted by molar-refractivity contribution is 6.41. The summed E-state index contributed by atoms with van der Waals surface area (Å²) in [7, 11) is 1.49. The molecule has 2 aliphatic carbocycles. The summed E-state index contributed by atoms with van der Waals surface area (Å²) in [6.07, 6.45) is 6.47. The second-order valence-corrected chi connectivity index (χ2v) is 7.94. The van der Waals surface area contributed by atoms with Crippen LogP contribution < -0.4 is 0 Å². The van der Waals surface area contributed by atoms with Crippen LogP contribution in [0, 0.1) is 5.92 Å². The molecule has 2 atom stereocenters. The second-order valence-electron chi connectivity index (χ2n) is 7.94. The number of carbonyl (C=O) groups is 4. The molecule has 8 heteroatoms. The minimum Gasteiger partial charge on any atom is -0.497 e. The first-order valence-corrected chi connectivity index (χ1v) is 10.0. The molecule has 2 amide bonds. The van der Waals surface area contributed by atoms with E-state index in [2.05, 4.69) is 0 Å². The summed E-state index contributed by atoms with van der Waals surface area (Å²) in [5, 5.41) is 0. The van der Waals surface area contributed by atoms with E-state index in [-0.39, 0.29) is 34.7 Å². The zero-order valence-corrected chi connectivity index (χ0v) is 16.9. The average Bonchev–Trinajstić information content (AvgIpc) is 3.48. The first-order valence-electron chi connectivity index (χ1n) is 10.0. The zero-order chi connectivity index (χ0) is 22.2. The van der Waals surface area contributed by atoms with Gasteiger partial charge < -0.3 is 9.15 Å². The number of amides is 2. The lowest BCUT2D eigenvalue weighted by atomic mass is 9.78. The van der Waals surface area contributed by atoms with Gasteiger partial charge in [0.15, 0.2) is 11.4 Å². The Morgan fingerprint density at radius 2 is 1.75 bits per heavy atom. The summed E-state index contributed by atoms with van der Waals surface area (Å²) in [6, 6.07) is 9.90. The predicted molar refractivity (Wildman–Crippen MR) is 109 cm³/mol. The molecule has 1 aromatic heterocycles. The lowest BCUT2D eigenvalue weighted by Crippen LogP contribution is -2.55. The van der Waals surface area contributed by atoms with Crippen molar-refractivity contribution in [3.63, 3.8) is 0 Å². The Kier molecular flexibility index (Phi) is 3.57. The van der Waals surface area contributed by atoms with Crippen LogP contribution >= 0.6 is 0 Å². The highest BCUT2D eigenvalue weighted by atomic mass is 16.5. The molecule has 0 N–H and O–H groups in total. The van der Waals surface area contributed by atoms with Gasteiger partial charge in [0.05, 0.1) is 25.8 Å². The topological polar surface area (TPSA) is 97.1 Å². The van der Waals surface area contributed by atoms with Gasteiger partial charge in [-0.3, -0.25) is 29.0 Å². The van der Waals surface area contributed by atoms with Crippen molar-refractivity contribution in [1.29, 1.82) is 0 Å². The number of nitrogens with zero attached hydrogens (tertiary/aromatic N) is 2. The molecular formula is C24H16N2O6. The highest BCUT2D eigenvalue weighted by Gasteiger charge is 2.68. The molecule has 6 rings (SSSR count). The molecule has 8 nitrogen and oxygen atoms in total. The number of benzene rings is 1. The van der Waals surface area contributed by atoms with E-state index in [1.165, 1.54) is 23.2 Å². The molecular weight excluding hydrogens is 412 g/mol. The third-order valence-electron chi connectivity index (χ3n) is 6.50. The lowest BCUT2D eigenvalue weighted by molar-refractivity contribution is -0.143. The first-order chi connectivity index (χ1) is 15.5. The fourth-order valence-electron chi connectivity index (χ4n) is 5.14. The van der Waals surface area contributed by atoms with Crippen molar-refractivity contribution in [2.75, 3.05) is 7.11 Å². The number of hydrogen-bond acceptors (Lipinski definition) is 6. The average molecular weight is 428 g/mol. The van der Waals surface area contributed by atoms with E-state index in [4.69, 9.17) is 9.15 Å². The quantitative estimate of drug-likeness (QED) is 0.696. The van der Waals surface area contributed by atoms with E-state index >= 15 is 0 Å².